The fourth-order valence-electron chi connectivity index (χ4n) is 7.06. The summed E-state index contributed by atoms with van der Waals surface area (Å²) in [5.41, 5.74) is -0.215. The summed E-state index contributed by atoms with van der Waals surface area (Å²) in [5, 5.41) is 48.4. The highest BCUT2D eigenvalue weighted by Gasteiger charge is 2.43. The number of carbonyl (C=O) groups excluding carboxylic acids is 2. The Morgan fingerprint density at radius 1 is 0.646 bits per heavy atom. The number of phenolic OH excluding ortho intramolecular Hbond substituents is 4. The van der Waals surface area contributed by atoms with Gasteiger partial charge in [0.05, 0.1) is 0 Å². The van der Waals surface area contributed by atoms with Gasteiger partial charge in [0.1, 0.15) is 56.8 Å². The summed E-state index contributed by atoms with van der Waals surface area (Å²) in [6, 6.07) is 0. The number of benzene rings is 2. The predicted octanol–water partition coefficient (Wildman–Crippen LogP) is 9.52. The van der Waals surface area contributed by atoms with Crippen LogP contribution in [0.15, 0.2) is 0 Å². The highest BCUT2D eigenvalue weighted by molar-refractivity contribution is 6.05. The average Bonchev–Trinajstić information content (AvgIpc) is 3.00. The number of aromatic hydroxyl groups is 4. The zero-order chi connectivity index (χ0) is 35.9. The zero-order valence-electron chi connectivity index (χ0n) is 30.8. The first-order valence-electron chi connectivity index (χ1n) is 18.0. The quantitative estimate of drug-likeness (QED) is 0.123. The minimum absolute atomic E-state index is 0.0185. The molecule has 2 atom stereocenters. The Balaban J connectivity index is 2.09. The van der Waals surface area contributed by atoms with Crippen LogP contribution in [0.4, 0.5) is 0 Å². The van der Waals surface area contributed by atoms with Crippen LogP contribution in [-0.4, -0.2) is 43.2 Å². The molecule has 0 amide bonds. The fraction of sp³-hybridized carbons (Fsp3) is 0.650. The van der Waals surface area contributed by atoms with Gasteiger partial charge in [0, 0.05) is 40.0 Å². The molecule has 8 nitrogen and oxygen atoms in total. The van der Waals surface area contributed by atoms with Crippen LogP contribution in [0.3, 0.4) is 0 Å². The minimum atomic E-state index is -0.940. The number of carbonyl (C=O) groups is 2. The van der Waals surface area contributed by atoms with Gasteiger partial charge in [0.15, 0.2) is 11.6 Å². The third kappa shape index (κ3) is 7.13. The SMILES string of the molecule is CC[C@@H](C)C(=O)c1c(O)c(C(CCCCC(C)C)c2c(O)c3c(c(C(=O)[C@H](C)CC)c2O)OC(C)(C)CC3)c(O)c2c1OC(C)(C)CC2. The molecule has 0 saturated heterocycles. The summed E-state index contributed by atoms with van der Waals surface area (Å²) in [6.07, 6.45) is 5.79. The number of hydrogen-bond donors (Lipinski definition) is 4. The van der Waals surface area contributed by atoms with Gasteiger partial charge in [0.2, 0.25) is 0 Å². The molecule has 0 radical (unpaired) electrons. The van der Waals surface area contributed by atoms with Gasteiger partial charge in [-0.25, -0.2) is 0 Å². The molecule has 4 rings (SSSR count). The Bertz CT molecular complexity index is 1440. The van der Waals surface area contributed by atoms with Crippen LogP contribution in [0, 0.1) is 17.8 Å². The topological polar surface area (TPSA) is 134 Å². The first-order valence-corrected chi connectivity index (χ1v) is 18.0. The van der Waals surface area contributed by atoms with Gasteiger partial charge in [-0.2, -0.15) is 0 Å². The molecule has 0 spiro atoms. The van der Waals surface area contributed by atoms with Crippen LogP contribution in [0.5, 0.6) is 34.5 Å². The molecule has 2 heterocycles. The predicted molar refractivity (Wildman–Crippen MR) is 188 cm³/mol. The molecule has 0 fully saturated rings. The van der Waals surface area contributed by atoms with Crippen LogP contribution < -0.4 is 9.47 Å². The van der Waals surface area contributed by atoms with Gasteiger partial charge in [-0.3, -0.25) is 9.59 Å². The smallest absolute Gasteiger partial charge is 0.173 e. The Labute approximate surface area is 286 Å². The Hall–Kier alpha value is -3.42. The van der Waals surface area contributed by atoms with E-state index in [0.29, 0.717) is 68.4 Å². The molecule has 2 aliphatic heterocycles. The Morgan fingerprint density at radius 2 is 1.02 bits per heavy atom. The van der Waals surface area contributed by atoms with Crippen molar-refractivity contribution in [2.45, 2.75) is 151 Å². The third-order valence-electron chi connectivity index (χ3n) is 10.6. The van der Waals surface area contributed by atoms with E-state index in [1.165, 1.54) is 0 Å². The van der Waals surface area contributed by atoms with Crippen molar-refractivity contribution in [1.82, 2.24) is 0 Å². The van der Waals surface area contributed by atoms with E-state index in [1.54, 1.807) is 13.8 Å². The molecule has 0 saturated carbocycles. The van der Waals surface area contributed by atoms with Crippen LogP contribution >= 0.6 is 0 Å². The normalized spacial score (nSPS) is 17.7. The largest absolute Gasteiger partial charge is 0.507 e. The molecule has 48 heavy (non-hydrogen) atoms. The molecular formula is C40H58O8. The monoisotopic (exact) mass is 666 g/mol. The van der Waals surface area contributed by atoms with Crippen molar-refractivity contribution in [3.05, 3.63) is 33.4 Å². The van der Waals surface area contributed by atoms with Crippen molar-refractivity contribution in [3.8, 4) is 34.5 Å². The molecule has 2 aromatic rings. The maximum Gasteiger partial charge on any atom is 0.173 e. The number of unbranched alkanes of at least 4 members (excludes halogenated alkanes) is 1. The molecular weight excluding hydrogens is 608 g/mol. The summed E-state index contributed by atoms with van der Waals surface area (Å²) in [6.45, 7) is 19.3. The molecule has 8 heteroatoms. The summed E-state index contributed by atoms with van der Waals surface area (Å²) < 4.78 is 12.6. The van der Waals surface area contributed by atoms with Crippen molar-refractivity contribution in [2.75, 3.05) is 0 Å². The highest BCUT2D eigenvalue weighted by Crippen LogP contribution is 2.57. The lowest BCUT2D eigenvalue weighted by Gasteiger charge is -2.37. The van der Waals surface area contributed by atoms with E-state index in [1.807, 2.05) is 41.5 Å². The first kappa shape index (κ1) is 37.4. The maximum atomic E-state index is 14.0. The van der Waals surface area contributed by atoms with Gasteiger partial charge in [-0.15, -0.1) is 0 Å². The number of ketones is 2. The van der Waals surface area contributed by atoms with Crippen LogP contribution in [0.2, 0.25) is 0 Å². The Kier molecular flexibility index (Phi) is 11.1. The summed E-state index contributed by atoms with van der Waals surface area (Å²) in [7, 11) is 0. The van der Waals surface area contributed by atoms with Gasteiger partial charge >= 0.3 is 0 Å². The molecule has 4 N–H and O–H groups in total. The van der Waals surface area contributed by atoms with Crippen molar-refractivity contribution in [1.29, 1.82) is 0 Å². The standard InChI is InChI=1S/C40H58O8/c1-11-22(5)31(41)29-35(45)27(33(43)25-17-19-39(7,8)47-37(25)29)24(16-14-13-15-21(3)4)28-34(44)26-18-20-40(9,10)48-38(26)30(36(28)46)32(42)23(6)12-2/h21-24,43-46H,11-20H2,1-10H3/t22-,23-/m1/s1. The maximum absolute atomic E-state index is 14.0. The van der Waals surface area contributed by atoms with E-state index in [4.69, 9.17) is 9.47 Å². The van der Waals surface area contributed by atoms with Crippen molar-refractivity contribution < 1.29 is 39.5 Å². The average molecular weight is 667 g/mol. The number of fused-ring (bicyclic) bond motifs is 2. The summed E-state index contributed by atoms with van der Waals surface area (Å²) in [5.74, 6) is -2.80. The second kappa shape index (κ2) is 14.2. The van der Waals surface area contributed by atoms with E-state index < -0.39 is 40.5 Å². The summed E-state index contributed by atoms with van der Waals surface area (Å²) in [4.78, 5) is 28.0. The van der Waals surface area contributed by atoms with Gasteiger partial charge in [-0.05, 0) is 78.6 Å². The van der Waals surface area contributed by atoms with E-state index in [-0.39, 0.29) is 56.8 Å². The van der Waals surface area contributed by atoms with Crippen LogP contribution in [0.25, 0.3) is 0 Å². The fourth-order valence-corrected chi connectivity index (χ4v) is 7.06. The van der Waals surface area contributed by atoms with E-state index in [0.717, 1.165) is 12.8 Å². The molecule has 2 aromatic carbocycles. The zero-order valence-corrected chi connectivity index (χ0v) is 30.8. The van der Waals surface area contributed by atoms with Gasteiger partial charge < -0.3 is 29.9 Å². The molecule has 2 aliphatic rings. The highest BCUT2D eigenvalue weighted by atomic mass is 16.5. The number of phenols is 4. The first-order chi connectivity index (χ1) is 22.4. The Morgan fingerprint density at radius 3 is 1.38 bits per heavy atom. The van der Waals surface area contributed by atoms with E-state index >= 15 is 0 Å². The molecule has 266 valence electrons. The number of hydrogen-bond acceptors (Lipinski definition) is 8. The van der Waals surface area contributed by atoms with E-state index in [2.05, 4.69) is 13.8 Å². The molecule has 0 aromatic heterocycles. The third-order valence-corrected chi connectivity index (χ3v) is 10.6. The van der Waals surface area contributed by atoms with Gasteiger partial charge in [-0.1, -0.05) is 60.8 Å². The lowest BCUT2D eigenvalue weighted by molar-refractivity contribution is 0.0763. The van der Waals surface area contributed by atoms with E-state index in [9.17, 15) is 30.0 Å². The lowest BCUT2D eigenvalue weighted by Crippen LogP contribution is -2.34. The minimum Gasteiger partial charge on any atom is -0.507 e. The van der Waals surface area contributed by atoms with Crippen molar-refractivity contribution in [2.24, 2.45) is 17.8 Å². The van der Waals surface area contributed by atoms with Gasteiger partial charge in [0.25, 0.3) is 0 Å². The number of ether oxygens (including phenoxy) is 2. The van der Waals surface area contributed by atoms with Crippen LogP contribution in [0.1, 0.15) is 169 Å². The second-order valence-corrected chi connectivity index (χ2v) is 15.9. The lowest BCUT2D eigenvalue weighted by atomic mass is 9.77. The van der Waals surface area contributed by atoms with Crippen molar-refractivity contribution >= 4 is 11.6 Å². The second-order valence-electron chi connectivity index (χ2n) is 15.9. The molecule has 0 unspecified atom stereocenters. The summed E-state index contributed by atoms with van der Waals surface area (Å²) >= 11 is 0. The van der Waals surface area contributed by atoms with Crippen LogP contribution in [-0.2, 0) is 12.8 Å². The number of Topliss-reactive ketones (excluding diaryl/α,β-unsaturated/α-hetero) is 2. The molecule has 0 aliphatic carbocycles. The van der Waals surface area contributed by atoms with Crippen molar-refractivity contribution in [3.63, 3.8) is 0 Å². The number of rotatable bonds is 13. The molecule has 0 bridgehead atoms.